The Morgan fingerprint density at radius 3 is 2.69 bits per heavy atom. The zero-order chi connectivity index (χ0) is 21.2. The Morgan fingerprint density at radius 1 is 1.24 bits per heavy atom. The number of ketones is 1. The van der Waals surface area contributed by atoms with Crippen molar-refractivity contribution in [1.29, 1.82) is 0 Å². The number of carbonyl (C=O) groups is 3. The van der Waals surface area contributed by atoms with Crippen molar-refractivity contribution in [2.75, 3.05) is 20.8 Å². The molecule has 0 spiro atoms. The maximum atomic E-state index is 12.7. The van der Waals surface area contributed by atoms with Crippen LogP contribution in [-0.2, 0) is 19.1 Å². The zero-order valence-electron chi connectivity index (χ0n) is 16.6. The molecule has 0 radical (unpaired) electrons. The van der Waals surface area contributed by atoms with E-state index in [1.165, 1.54) is 26.3 Å². The summed E-state index contributed by atoms with van der Waals surface area (Å²) in [5.41, 5.74) is 0.971. The summed E-state index contributed by atoms with van der Waals surface area (Å²) in [6.45, 7) is -0.227. The van der Waals surface area contributed by atoms with Gasteiger partial charge in [0.15, 0.2) is 12.4 Å². The minimum Gasteiger partial charge on any atom is -0.507 e. The van der Waals surface area contributed by atoms with Gasteiger partial charge in [0.2, 0.25) is 0 Å². The molecule has 1 aromatic rings. The Hall–Kier alpha value is -3.35. The number of rotatable bonds is 8. The molecule has 1 aliphatic rings. The fourth-order valence-electron chi connectivity index (χ4n) is 2.84. The average Bonchev–Trinajstić information content (AvgIpc) is 2.76. The predicted octanol–water partition coefficient (Wildman–Crippen LogP) is 2.88. The SMILES string of the molecule is CNC(=O)/C(C(=O)/C=C/c1cccc(OCC(=O)OC)c1)=C(/O)C1=CCCCC1. The lowest BCUT2D eigenvalue weighted by Gasteiger charge is -2.14. The number of likely N-dealkylation sites (N-methyl/N-ethyl adjacent to an activating group) is 1. The molecule has 1 aromatic carbocycles. The van der Waals surface area contributed by atoms with Crippen molar-refractivity contribution in [3.63, 3.8) is 0 Å². The first kappa shape index (κ1) is 21.9. The van der Waals surface area contributed by atoms with Crippen molar-refractivity contribution in [2.24, 2.45) is 0 Å². The number of aliphatic hydroxyl groups excluding tert-OH is 1. The Labute approximate surface area is 169 Å². The molecule has 0 atom stereocenters. The van der Waals surface area contributed by atoms with Crippen molar-refractivity contribution < 1.29 is 29.0 Å². The van der Waals surface area contributed by atoms with E-state index in [1.807, 2.05) is 6.08 Å². The summed E-state index contributed by atoms with van der Waals surface area (Å²) in [5.74, 6) is -1.59. The maximum Gasteiger partial charge on any atom is 0.343 e. The molecule has 1 amide bonds. The molecule has 0 aromatic heterocycles. The van der Waals surface area contributed by atoms with E-state index in [4.69, 9.17) is 4.74 Å². The lowest BCUT2D eigenvalue weighted by atomic mass is 9.94. The molecule has 7 nitrogen and oxygen atoms in total. The minimum absolute atomic E-state index is 0.227. The molecule has 7 heteroatoms. The van der Waals surface area contributed by atoms with Crippen LogP contribution in [0.5, 0.6) is 5.75 Å². The van der Waals surface area contributed by atoms with Crippen LogP contribution in [-0.4, -0.2) is 43.5 Å². The van der Waals surface area contributed by atoms with Gasteiger partial charge in [0.1, 0.15) is 17.1 Å². The number of hydrogen-bond acceptors (Lipinski definition) is 6. The number of aliphatic hydroxyl groups is 1. The van der Waals surface area contributed by atoms with Crippen LogP contribution in [0.15, 0.2) is 53.3 Å². The lowest BCUT2D eigenvalue weighted by Crippen LogP contribution is -2.26. The van der Waals surface area contributed by atoms with Crippen LogP contribution < -0.4 is 10.1 Å². The zero-order valence-corrected chi connectivity index (χ0v) is 16.6. The van der Waals surface area contributed by atoms with Crippen LogP contribution in [0.3, 0.4) is 0 Å². The first-order chi connectivity index (χ1) is 14.0. The van der Waals surface area contributed by atoms with Gasteiger partial charge in [-0.15, -0.1) is 0 Å². The Bertz CT molecular complexity index is 866. The van der Waals surface area contributed by atoms with Crippen molar-refractivity contribution in [3.05, 3.63) is 58.9 Å². The normalized spacial score (nSPS) is 14.6. The van der Waals surface area contributed by atoms with Crippen LogP contribution in [0.1, 0.15) is 31.2 Å². The van der Waals surface area contributed by atoms with E-state index in [2.05, 4.69) is 10.1 Å². The molecule has 1 aliphatic carbocycles. The molecule has 0 aliphatic heterocycles. The highest BCUT2D eigenvalue weighted by molar-refractivity contribution is 6.24. The maximum absolute atomic E-state index is 12.7. The number of ether oxygens (including phenoxy) is 2. The van der Waals surface area contributed by atoms with Gasteiger partial charge in [0.05, 0.1) is 7.11 Å². The highest BCUT2D eigenvalue weighted by atomic mass is 16.6. The Balaban J connectivity index is 2.21. The molecule has 0 bridgehead atoms. The van der Waals surface area contributed by atoms with Crippen LogP contribution in [0.4, 0.5) is 0 Å². The standard InChI is InChI=1S/C22H25NO6/c1-23-22(27)20(21(26)16-8-4-3-5-9-16)18(24)12-11-15-7-6-10-17(13-15)29-14-19(25)28-2/h6-8,10-13,26H,3-5,9,14H2,1-2H3,(H,23,27)/b12-11+,21-20+. The molecule has 0 saturated carbocycles. The van der Waals surface area contributed by atoms with Crippen LogP contribution in [0.2, 0.25) is 0 Å². The van der Waals surface area contributed by atoms with E-state index in [1.54, 1.807) is 24.3 Å². The van der Waals surface area contributed by atoms with Crippen LogP contribution in [0, 0.1) is 0 Å². The highest BCUT2D eigenvalue weighted by Gasteiger charge is 2.23. The molecule has 0 saturated heterocycles. The van der Waals surface area contributed by atoms with E-state index in [-0.39, 0.29) is 17.9 Å². The third kappa shape index (κ3) is 6.34. The van der Waals surface area contributed by atoms with Crippen LogP contribution in [0.25, 0.3) is 6.08 Å². The van der Waals surface area contributed by atoms with Gasteiger partial charge < -0.3 is 19.9 Å². The fraction of sp³-hybridized carbons (Fsp3) is 0.318. The van der Waals surface area contributed by atoms with E-state index < -0.39 is 17.7 Å². The van der Waals surface area contributed by atoms with Crippen molar-refractivity contribution >= 4 is 23.7 Å². The number of hydrogen-bond donors (Lipinski definition) is 2. The topological polar surface area (TPSA) is 102 Å². The molecule has 2 N–H and O–H groups in total. The smallest absolute Gasteiger partial charge is 0.343 e. The number of esters is 1. The van der Waals surface area contributed by atoms with E-state index in [0.717, 1.165) is 19.3 Å². The lowest BCUT2D eigenvalue weighted by molar-refractivity contribution is -0.143. The fourth-order valence-corrected chi connectivity index (χ4v) is 2.84. The van der Waals surface area contributed by atoms with Crippen molar-refractivity contribution in [2.45, 2.75) is 25.7 Å². The summed E-state index contributed by atoms with van der Waals surface area (Å²) in [7, 11) is 2.68. The summed E-state index contributed by atoms with van der Waals surface area (Å²) < 4.78 is 9.83. The van der Waals surface area contributed by atoms with Gasteiger partial charge in [-0.05, 0) is 55.0 Å². The third-order valence-corrected chi connectivity index (χ3v) is 4.40. The van der Waals surface area contributed by atoms with Crippen LogP contribution >= 0.6 is 0 Å². The largest absolute Gasteiger partial charge is 0.507 e. The molecule has 0 fully saturated rings. The van der Waals surface area contributed by atoms with E-state index >= 15 is 0 Å². The number of benzene rings is 1. The summed E-state index contributed by atoms with van der Waals surface area (Å²) in [5, 5.41) is 12.9. The first-order valence-electron chi connectivity index (χ1n) is 9.33. The Morgan fingerprint density at radius 2 is 2.03 bits per heavy atom. The number of methoxy groups -OCH3 is 1. The summed E-state index contributed by atoms with van der Waals surface area (Å²) in [6, 6.07) is 6.75. The molecule has 154 valence electrons. The highest BCUT2D eigenvalue weighted by Crippen LogP contribution is 2.25. The predicted molar refractivity (Wildman–Crippen MR) is 108 cm³/mol. The quantitative estimate of drug-likeness (QED) is 0.229. The third-order valence-electron chi connectivity index (χ3n) is 4.40. The van der Waals surface area contributed by atoms with Gasteiger partial charge in [0.25, 0.3) is 5.91 Å². The summed E-state index contributed by atoms with van der Waals surface area (Å²) >= 11 is 0. The average molecular weight is 399 g/mol. The second kappa shape index (κ2) is 10.8. The Kier molecular flexibility index (Phi) is 8.21. The monoisotopic (exact) mass is 399 g/mol. The molecule has 2 rings (SSSR count). The number of carbonyl (C=O) groups excluding carboxylic acids is 3. The van der Waals surface area contributed by atoms with Gasteiger partial charge in [-0.3, -0.25) is 9.59 Å². The van der Waals surface area contributed by atoms with E-state index in [0.29, 0.717) is 23.3 Å². The van der Waals surface area contributed by atoms with Gasteiger partial charge in [0, 0.05) is 7.05 Å². The van der Waals surface area contributed by atoms with E-state index in [9.17, 15) is 19.5 Å². The molecular formula is C22H25NO6. The van der Waals surface area contributed by atoms with Crippen molar-refractivity contribution in [3.8, 4) is 5.75 Å². The molecule has 0 heterocycles. The molecule has 0 unspecified atom stereocenters. The second-order valence-corrected chi connectivity index (χ2v) is 6.41. The van der Waals surface area contributed by atoms with Gasteiger partial charge in [-0.2, -0.15) is 0 Å². The van der Waals surface area contributed by atoms with Gasteiger partial charge in [-0.1, -0.05) is 24.3 Å². The second-order valence-electron chi connectivity index (χ2n) is 6.41. The number of nitrogens with one attached hydrogen (secondary N) is 1. The van der Waals surface area contributed by atoms with Gasteiger partial charge in [-0.25, -0.2) is 4.79 Å². The minimum atomic E-state index is -0.640. The molecular weight excluding hydrogens is 374 g/mol. The number of allylic oxidation sites excluding steroid dienone is 3. The first-order valence-corrected chi connectivity index (χ1v) is 9.33. The molecule has 29 heavy (non-hydrogen) atoms. The summed E-state index contributed by atoms with van der Waals surface area (Å²) in [4.78, 5) is 36.0. The number of amides is 1. The summed E-state index contributed by atoms with van der Waals surface area (Å²) in [6.07, 6.45) is 7.96. The van der Waals surface area contributed by atoms with Gasteiger partial charge >= 0.3 is 5.97 Å². The van der Waals surface area contributed by atoms with Crippen molar-refractivity contribution in [1.82, 2.24) is 5.32 Å².